The molecule has 0 radical (unpaired) electrons. The molecule has 0 saturated carbocycles. The number of rotatable bonds is 7. The number of nitrogens with zero attached hydrogens (tertiary/aromatic N) is 2. The van der Waals surface area contributed by atoms with E-state index in [1.807, 2.05) is 6.07 Å². The van der Waals surface area contributed by atoms with Gasteiger partial charge < -0.3 is 9.47 Å². The summed E-state index contributed by atoms with van der Waals surface area (Å²) in [6.45, 7) is -3.32. The number of benzene rings is 2. The maximum absolute atomic E-state index is 12.3. The molecule has 0 atom stereocenters. The monoisotopic (exact) mass is 345 g/mol. The van der Waals surface area contributed by atoms with Crippen molar-refractivity contribution in [2.75, 3.05) is 6.61 Å². The summed E-state index contributed by atoms with van der Waals surface area (Å²) in [4.78, 5) is 11.7. The van der Waals surface area contributed by atoms with Crippen LogP contribution in [-0.4, -0.2) is 25.3 Å². The van der Waals surface area contributed by atoms with Gasteiger partial charge in [-0.25, -0.2) is 5.43 Å². The molecular formula is C17H13F2N3O3. The molecule has 2 rings (SSSR count). The predicted molar refractivity (Wildman–Crippen MR) is 85.5 cm³/mol. The van der Waals surface area contributed by atoms with E-state index in [4.69, 9.17) is 10.00 Å². The molecule has 0 heterocycles. The normalized spacial score (nSPS) is 10.5. The summed E-state index contributed by atoms with van der Waals surface area (Å²) in [6, 6.07) is 14.4. The van der Waals surface area contributed by atoms with Crippen molar-refractivity contribution in [1.82, 2.24) is 5.43 Å². The number of amides is 1. The third-order valence-electron chi connectivity index (χ3n) is 2.89. The van der Waals surface area contributed by atoms with Crippen molar-refractivity contribution in [3.8, 4) is 17.6 Å². The van der Waals surface area contributed by atoms with Crippen LogP contribution in [0.15, 0.2) is 53.6 Å². The topological polar surface area (TPSA) is 83.7 Å². The van der Waals surface area contributed by atoms with Crippen LogP contribution in [0.2, 0.25) is 0 Å². The van der Waals surface area contributed by atoms with E-state index in [-0.39, 0.29) is 23.7 Å². The van der Waals surface area contributed by atoms with Crippen molar-refractivity contribution in [2.45, 2.75) is 6.61 Å². The highest BCUT2D eigenvalue weighted by Crippen LogP contribution is 2.18. The average molecular weight is 345 g/mol. The summed E-state index contributed by atoms with van der Waals surface area (Å²) in [5, 5.41) is 12.6. The first kappa shape index (κ1) is 17.9. The Balaban J connectivity index is 1.90. The molecule has 2 aromatic rings. The molecule has 0 spiro atoms. The Bertz CT molecular complexity index is 804. The maximum Gasteiger partial charge on any atom is 0.387 e. The number of alkyl halides is 2. The molecule has 6 nitrogen and oxygen atoms in total. The lowest BCUT2D eigenvalue weighted by Gasteiger charge is -2.07. The van der Waals surface area contributed by atoms with Gasteiger partial charge in [0.25, 0.3) is 5.91 Å². The summed E-state index contributed by atoms with van der Waals surface area (Å²) in [7, 11) is 0. The van der Waals surface area contributed by atoms with E-state index in [0.717, 1.165) is 0 Å². The number of para-hydroxylation sites is 2. The fourth-order valence-corrected chi connectivity index (χ4v) is 1.82. The van der Waals surface area contributed by atoms with Gasteiger partial charge in [0.1, 0.15) is 17.6 Å². The molecule has 2 aromatic carbocycles. The Hall–Kier alpha value is -3.47. The molecule has 0 unspecified atom stereocenters. The quantitative estimate of drug-likeness (QED) is 0.618. The second-order valence-electron chi connectivity index (χ2n) is 4.61. The highest BCUT2D eigenvalue weighted by atomic mass is 19.3. The number of hydrogen-bond donors (Lipinski definition) is 1. The van der Waals surface area contributed by atoms with Crippen molar-refractivity contribution < 1.29 is 23.0 Å². The lowest BCUT2D eigenvalue weighted by Crippen LogP contribution is -2.24. The molecule has 128 valence electrons. The summed E-state index contributed by atoms with van der Waals surface area (Å²) in [6.07, 6.45) is 1.18. The Morgan fingerprint density at radius 3 is 2.60 bits per heavy atom. The van der Waals surface area contributed by atoms with E-state index in [9.17, 15) is 13.6 Å². The van der Waals surface area contributed by atoms with E-state index in [0.29, 0.717) is 5.56 Å². The van der Waals surface area contributed by atoms with E-state index in [1.54, 1.807) is 30.3 Å². The van der Waals surface area contributed by atoms with Crippen LogP contribution in [0, 0.1) is 11.3 Å². The highest BCUT2D eigenvalue weighted by molar-refractivity contribution is 5.85. The number of hydrazone groups is 1. The first-order chi connectivity index (χ1) is 12.1. The van der Waals surface area contributed by atoms with E-state index in [2.05, 4.69) is 15.3 Å². The molecule has 0 saturated heterocycles. The number of carbonyl (C=O) groups is 1. The second-order valence-corrected chi connectivity index (χ2v) is 4.61. The SMILES string of the molecule is N#Cc1ccccc1OCC(=O)N/N=C/c1ccccc1OC(F)F. The molecule has 0 aliphatic rings. The van der Waals surface area contributed by atoms with Gasteiger partial charge in [-0.2, -0.15) is 19.1 Å². The fraction of sp³-hybridized carbons (Fsp3) is 0.118. The molecule has 1 N–H and O–H groups in total. The van der Waals surface area contributed by atoms with Crippen molar-refractivity contribution in [2.24, 2.45) is 5.10 Å². The number of hydrogen-bond acceptors (Lipinski definition) is 5. The van der Waals surface area contributed by atoms with Gasteiger partial charge in [0.15, 0.2) is 6.61 Å². The van der Waals surface area contributed by atoms with Crippen molar-refractivity contribution in [3.05, 3.63) is 59.7 Å². The van der Waals surface area contributed by atoms with E-state index < -0.39 is 12.5 Å². The maximum atomic E-state index is 12.3. The second kappa shape index (κ2) is 8.98. The first-order valence-electron chi connectivity index (χ1n) is 7.08. The van der Waals surface area contributed by atoms with Crippen LogP contribution in [-0.2, 0) is 4.79 Å². The summed E-state index contributed by atoms with van der Waals surface area (Å²) >= 11 is 0. The van der Waals surface area contributed by atoms with Gasteiger partial charge in [-0.1, -0.05) is 24.3 Å². The van der Waals surface area contributed by atoms with Gasteiger partial charge >= 0.3 is 6.61 Å². The van der Waals surface area contributed by atoms with Gasteiger partial charge in [-0.15, -0.1) is 0 Å². The predicted octanol–water partition coefficient (Wildman–Crippen LogP) is 2.69. The minimum Gasteiger partial charge on any atom is -0.482 e. The van der Waals surface area contributed by atoms with Crippen molar-refractivity contribution >= 4 is 12.1 Å². The van der Waals surface area contributed by atoms with Gasteiger partial charge in [0.05, 0.1) is 11.8 Å². The smallest absolute Gasteiger partial charge is 0.387 e. The Kier molecular flexibility index (Phi) is 6.42. The summed E-state index contributed by atoms with van der Waals surface area (Å²) in [5.74, 6) is -0.356. The molecule has 0 aliphatic heterocycles. The summed E-state index contributed by atoms with van der Waals surface area (Å²) in [5.41, 5.74) is 2.78. The largest absolute Gasteiger partial charge is 0.482 e. The molecule has 0 fully saturated rings. The van der Waals surface area contributed by atoms with Crippen LogP contribution in [0.1, 0.15) is 11.1 Å². The minimum absolute atomic E-state index is 0.0605. The van der Waals surface area contributed by atoms with E-state index in [1.165, 1.54) is 24.4 Å². The standard InChI is InChI=1S/C17H13F2N3O3/c18-17(19)25-15-8-4-2-6-13(15)10-21-22-16(23)11-24-14-7-3-1-5-12(14)9-20/h1-8,10,17H,11H2,(H,22,23)/b21-10+. The van der Waals surface area contributed by atoms with Crippen LogP contribution in [0.5, 0.6) is 11.5 Å². The van der Waals surface area contributed by atoms with E-state index >= 15 is 0 Å². The molecule has 1 amide bonds. The molecule has 8 heteroatoms. The average Bonchev–Trinajstić information content (AvgIpc) is 2.61. The van der Waals surface area contributed by atoms with Crippen LogP contribution in [0.3, 0.4) is 0 Å². The highest BCUT2D eigenvalue weighted by Gasteiger charge is 2.08. The zero-order valence-electron chi connectivity index (χ0n) is 12.9. The number of nitrogens with one attached hydrogen (secondary N) is 1. The number of carbonyl (C=O) groups excluding carboxylic acids is 1. The van der Waals surface area contributed by atoms with Gasteiger partial charge in [0.2, 0.25) is 0 Å². The van der Waals surface area contributed by atoms with Crippen LogP contribution in [0.4, 0.5) is 8.78 Å². The molecule has 0 aromatic heterocycles. The van der Waals surface area contributed by atoms with Crippen LogP contribution in [0.25, 0.3) is 0 Å². The molecule has 25 heavy (non-hydrogen) atoms. The van der Waals surface area contributed by atoms with Crippen molar-refractivity contribution in [3.63, 3.8) is 0 Å². The Morgan fingerprint density at radius 2 is 1.88 bits per heavy atom. The third kappa shape index (κ3) is 5.58. The lowest BCUT2D eigenvalue weighted by molar-refractivity contribution is -0.123. The third-order valence-corrected chi connectivity index (χ3v) is 2.89. The van der Waals surface area contributed by atoms with Gasteiger partial charge in [-0.05, 0) is 24.3 Å². The molecule has 0 bridgehead atoms. The first-order valence-corrected chi connectivity index (χ1v) is 7.08. The summed E-state index contributed by atoms with van der Waals surface area (Å²) < 4.78 is 34.2. The van der Waals surface area contributed by atoms with Gasteiger partial charge in [0, 0.05) is 5.56 Å². The van der Waals surface area contributed by atoms with Crippen LogP contribution < -0.4 is 14.9 Å². The molecule has 0 aliphatic carbocycles. The zero-order chi connectivity index (χ0) is 18.1. The number of nitriles is 1. The van der Waals surface area contributed by atoms with Crippen LogP contribution >= 0.6 is 0 Å². The lowest BCUT2D eigenvalue weighted by atomic mass is 10.2. The van der Waals surface area contributed by atoms with Crippen molar-refractivity contribution in [1.29, 1.82) is 5.26 Å². The Morgan fingerprint density at radius 1 is 1.20 bits per heavy atom. The number of halogens is 2. The molecular weight excluding hydrogens is 332 g/mol. The zero-order valence-corrected chi connectivity index (χ0v) is 12.9. The number of ether oxygens (including phenoxy) is 2. The Labute approximate surface area is 142 Å². The minimum atomic E-state index is -2.96. The fourth-order valence-electron chi connectivity index (χ4n) is 1.82. The van der Waals surface area contributed by atoms with Gasteiger partial charge in [-0.3, -0.25) is 4.79 Å².